The van der Waals surface area contributed by atoms with Gasteiger partial charge in [0.15, 0.2) is 0 Å². The summed E-state index contributed by atoms with van der Waals surface area (Å²) in [6, 6.07) is 6.35. The van der Waals surface area contributed by atoms with E-state index in [1.165, 1.54) is 19.2 Å². The minimum absolute atomic E-state index is 0.226. The third-order valence-electron chi connectivity index (χ3n) is 1.44. The van der Waals surface area contributed by atoms with Crippen molar-refractivity contribution in [2.45, 2.75) is 0 Å². The summed E-state index contributed by atoms with van der Waals surface area (Å²) < 4.78 is 4.46. The van der Waals surface area contributed by atoms with Crippen molar-refractivity contribution in [3.8, 4) is 0 Å². The molecular weight excluding hydrogens is 158 g/mol. The second kappa shape index (κ2) is 3.73. The zero-order chi connectivity index (χ0) is 8.97. The lowest BCUT2D eigenvalue weighted by molar-refractivity contribution is 0.0600. The number of hydrogen-bond acceptors (Lipinski definition) is 3. The quantitative estimate of drug-likeness (QED) is 0.531. The first-order valence-electron chi connectivity index (χ1n) is 3.35. The van der Waals surface area contributed by atoms with E-state index < -0.39 is 5.97 Å². The van der Waals surface area contributed by atoms with Gasteiger partial charge in [-0.25, -0.2) is 10.3 Å². The van der Waals surface area contributed by atoms with Gasteiger partial charge in [-0.15, -0.1) is 0 Å². The predicted molar refractivity (Wildman–Crippen MR) is 42.1 cm³/mol. The molecule has 12 heavy (non-hydrogen) atoms. The molecule has 4 heteroatoms. The molecule has 0 spiro atoms. The van der Waals surface area contributed by atoms with Crippen molar-refractivity contribution in [3.05, 3.63) is 29.8 Å². The van der Waals surface area contributed by atoms with Crippen LogP contribution in [-0.4, -0.2) is 13.1 Å². The number of para-hydroxylation sites is 1. The lowest BCUT2D eigenvalue weighted by Crippen LogP contribution is -2.04. The number of methoxy groups -OCH3 is 1. The molecule has 63 valence electrons. The Bertz CT molecular complexity index is 285. The summed E-state index contributed by atoms with van der Waals surface area (Å²) in [5, 5.41) is 10.3. The van der Waals surface area contributed by atoms with Crippen molar-refractivity contribution in [2.24, 2.45) is 0 Å². The molecule has 0 amide bonds. The summed E-state index contributed by atoms with van der Waals surface area (Å²) in [5.74, 6) is -0.519. The van der Waals surface area contributed by atoms with Gasteiger partial charge < -0.3 is 4.74 Å². The molecule has 0 heterocycles. The van der Waals surface area contributed by atoms with Crippen LogP contribution in [0, 0.1) is 0 Å². The first-order valence-corrected chi connectivity index (χ1v) is 3.35. The average Bonchev–Trinajstić information content (AvgIpc) is 2.16. The summed E-state index contributed by atoms with van der Waals surface area (Å²) in [4.78, 5) is 11.0. The number of ether oxygens (including phenoxy) is 1. The van der Waals surface area contributed by atoms with Crippen LogP contribution in [0.2, 0.25) is 0 Å². The second-order valence-electron chi connectivity index (χ2n) is 2.14. The van der Waals surface area contributed by atoms with E-state index in [1.807, 2.05) is 0 Å². The van der Waals surface area contributed by atoms with E-state index in [1.54, 1.807) is 17.6 Å². The van der Waals surface area contributed by atoms with Crippen LogP contribution < -0.4 is 5.48 Å². The van der Waals surface area contributed by atoms with Gasteiger partial charge in [0, 0.05) is 0 Å². The van der Waals surface area contributed by atoms with Crippen molar-refractivity contribution < 1.29 is 14.7 Å². The molecule has 4 nitrogen and oxygen atoms in total. The summed E-state index contributed by atoms with van der Waals surface area (Å²) >= 11 is 0. The maximum Gasteiger partial charge on any atom is 0.340 e. The van der Waals surface area contributed by atoms with E-state index in [4.69, 9.17) is 0 Å². The molecule has 0 saturated heterocycles. The summed E-state index contributed by atoms with van der Waals surface area (Å²) in [7, 11) is 1.27. The van der Waals surface area contributed by atoms with Crippen LogP contribution in [-0.2, 0) is 9.94 Å². The molecule has 1 aromatic rings. The highest BCUT2D eigenvalue weighted by Crippen LogP contribution is 2.14. The molecule has 0 fully saturated rings. The predicted octanol–water partition coefficient (Wildman–Crippen LogP) is 1.23. The Morgan fingerprint density at radius 2 is 2.08 bits per heavy atom. The molecule has 1 radical (unpaired) electrons. The van der Waals surface area contributed by atoms with E-state index in [2.05, 4.69) is 4.74 Å². The first kappa shape index (κ1) is 8.55. The van der Waals surface area contributed by atoms with Crippen molar-refractivity contribution in [2.75, 3.05) is 12.6 Å². The Labute approximate surface area is 69.7 Å². The number of anilines is 1. The highest BCUT2D eigenvalue weighted by Gasteiger charge is 2.09. The van der Waals surface area contributed by atoms with Crippen LogP contribution in [0.1, 0.15) is 10.4 Å². The van der Waals surface area contributed by atoms with Gasteiger partial charge in [0.2, 0.25) is 0 Å². The number of esters is 1. The molecule has 0 bridgehead atoms. The Balaban J connectivity index is 3.04. The van der Waals surface area contributed by atoms with Gasteiger partial charge in [-0.1, -0.05) is 17.3 Å². The van der Waals surface area contributed by atoms with Crippen molar-refractivity contribution in [1.29, 1.82) is 0 Å². The molecule has 1 aromatic carbocycles. The fourth-order valence-electron chi connectivity index (χ4n) is 0.860. The molecule has 0 aromatic heterocycles. The zero-order valence-electron chi connectivity index (χ0n) is 6.53. The van der Waals surface area contributed by atoms with E-state index in [0.29, 0.717) is 0 Å². The standard InChI is InChI=1S/C8H8NO3/c1-12-8(10)6-4-2-3-5-7(6)9-11/h2-5,9H,1H3. The summed E-state index contributed by atoms with van der Waals surface area (Å²) in [6.45, 7) is 0. The molecule has 1 N–H and O–H groups in total. The fraction of sp³-hybridized carbons (Fsp3) is 0.125. The largest absolute Gasteiger partial charge is 0.465 e. The molecule has 0 atom stereocenters. The van der Waals surface area contributed by atoms with Crippen molar-refractivity contribution >= 4 is 11.7 Å². The third kappa shape index (κ3) is 1.54. The number of nitrogens with one attached hydrogen (secondary N) is 1. The lowest BCUT2D eigenvalue weighted by Gasteiger charge is -2.03. The number of benzene rings is 1. The van der Waals surface area contributed by atoms with Gasteiger partial charge in [-0.3, -0.25) is 0 Å². The van der Waals surface area contributed by atoms with Gasteiger partial charge in [0.1, 0.15) is 0 Å². The van der Waals surface area contributed by atoms with Crippen molar-refractivity contribution in [1.82, 2.24) is 0 Å². The Morgan fingerprint density at radius 3 is 2.67 bits per heavy atom. The maximum absolute atomic E-state index is 11.0. The maximum atomic E-state index is 11.0. The smallest absolute Gasteiger partial charge is 0.340 e. The highest BCUT2D eigenvalue weighted by molar-refractivity contribution is 5.95. The van der Waals surface area contributed by atoms with Gasteiger partial charge >= 0.3 is 5.97 Å². The van der Waals surface area contributed by atoms with E-state index in [-0.39, 0.29) is 11.3 Å². The minimum atomic E-state index is -0.519. The van der Waals surface area contributed by atoms with Crippen LogP contribution in [0.15, 0.2) is 24.3 Å². The minimum Gasteiger partial charge on any atom is -0.465 e. The van der Waals surface area contributed by atoms with Gasteiger partial charge in [-0.05, 0) is 12.1 Å². The van der Waals surface area contributed by atoms with E-state index in [0.717, 1.165) is 0 Å². The van der Waals surface area contributed by atoms with E-state index in [9.17, 15) is 10.0 Å². The van der Waals surface area contributed by atoms with Crippen LogP contribution in [0.3, 0.4) is 0 Å². The van der Waals surface area contributed by atoms with Crippen LogP contribution in [0.5, 0.6) is 0 Å². The van der Waals surface area contributed by atoms with Crippen LogP contribution in [0.4, 0.5) is 5.69 Å². The average molecular weight is 166 g/mol. The monoisotopic (exact) mass is 166 g/mol. The first-order chi connectivity index (χ1) is 5.79. The highest BCUT2D eigenvalue weighted by atomic mass is 16.5. The van der Waals surface area contributed by atoms with Crippen molar-refractivity contribution in [3.63, 3.8) is 0 Å². The molecule has 1 rings (SSSR count). The summed E-state index contributed by atoms with van der Waals surface area (Å²) in [5.41, 5.74) is 2.13. The fourth-order valence-corrected chi connectivity index (χ4v) is 0.860. The van der Waals surface area contributed by atoms with Gasteiger partial charge in [0.05, 0.1) is 18.4 Å². The topological polar surface area (TPSA) is 58.2 Å². The molecule has 0 aliphatic rings. The van der Waals surface area contributed by atoms with E-state index >= 15 is 0 Å². The molecular formula is C8H8NO3. The Hall–Kier alpha value is -1.55. The number of carbonyl (C=O) groups is 1. The lowest BCUT2D eigenvalue weighted by atomic mass is 10.2. The third-order valence-corrected chi connectivity index (χ3v) is 1.44. The Kier molecular flexibility index (Phi) is 2.66. The van der Waals surface area contributed by atoms with Gasteiger partial charge in [0.25, 0.3) is 0 Å². The number of carbonyl (C=O) groups excluding carboxylic acids is 1. The number of hydrogen-bond donors (Lipinski definition) is 1. The van der Waals surface area contributed by atoms with Gasteiger partial charge in [-0.2, -0.15) is 0 Å². The van der Waals surface area contributed by atoms with Crippen LogP contribution >= 0.6 is 0 Å². The zero-order valence-corrected chi connectivity index (χ0v) is 6.53. The van der Waals surface area contributed by atoms with Crippen LogP contribution in [0.25, 0.3) is 0 Å². The summed E-state index contributed by atoms with van der Waals surface area (Å²) in [6.07, 6.45) is 0. The Morgan fingerprint density at radius 1 is 1.42 bits per heavy atom. The molecule has 0 aliphatic heterocycles. The molecule has 0 aliphatic carbocycles. The molecule has 0 saturated carbocycles. The normalized spacial score (nSPS) is 9.17. The number of rotatable bonds is 2. The second-order valence-corrected chi connectivity index (χ2v) is 2.14. The SMILES string of the molecule is COC(=O)c1ccccc1N[O]. The molecule has 0 unspecified atom stereocenters.